The first-order chi connectivity index (χ1) is 9.22. The molecule has 7 nitrogen and oxygen atoms in total. The Morgan fingerprint density at radius 1 is 1.20 bits per heavy atom. The summed E-state index contributed by atoms with van der Waals surface area (Å²) < 4.78 is 1.12. The van der Waals surface area contributed by atoms with Crippen LogP contribution in [-0.4, -0.2) is 39.2 Å². The fourth-order valence-corrected chi connectivity index (χ4v) is 3.19. The number of carboxylic acid groups (broad SMARTS) is 2. The van der Waals surface area contributed by atoms with Crippen LogP contribution in [0.3, 0.4) is 0 Å². The van der Waals surface area contributed by atoms with Crippen LogP contribution in [0.5, 0.6) is 5.75 Å². The number of nitrogens with one attached hydrogen (secondary N) is 1. The van der Waals surface area contributed by atoms with E-state index in [0.29, 0.717) is 7.14 Å². The summed E-state index contributed by atoms with van der Waals surface area (Å²) in [6, 6.07) is 1.46. The maximum absolute atomic E-state index is 11.9. The van der Waals surface area contributed by atoms with Crippen molar-refractivity contribution in [3.05, 3.63) is 24.8 Å². The Labute approximate surface area is 140 Å². The smallest absolute Gasteiger partial charge is 0.326 e. The van der Waals surface area contributed by atoms with Crippen LogP contribution in [0.15, 0.2) is 12.1 Å². The van der Waals surface area contributed by atoms with Gasteiger partial charge in [0.1, 0.15) is 11.8 Å². The van der Waals surface area contributed by atoms with E-state index in [-0.39, 0.29) is 11.3 Å². The predicted octanol–water partition coefficient (Wildman–Crippen LogP) is 1.26. The molecule has 0 fully saturated rings. The molecule has 0 heterocycles. The lowest BCUT2D eigenvalue weighted by atomic mass is 10.1. The molecule has 4 N–H and O–H groups in total. The van der Waals surface area contributed by atoms with Crippen molar-refractivity contribution in [1.82, 2.24) is 5.32 Å². The van der Waals surface area contributed by atoms with Gasteiger partial charge in [0, 0.05) is 3.57 Å². The Kier molecular flexibility index (Phi) is 5.98. The van der Waals surface area contributed by atoms with Gasteiger partial charge in [-0.05, 0) is 57.3 Å². The zero-order valence-electron chi connectivity index (χ0n) is 9.76. The molecule has 1 atom stereocenters. The van der Waals surface area contributed by atoms with E-state index in [1.165, 1.54) is 6.07 Å². The number of aliphatic carboxylic acids is 2. The van der Waals surface area contributed by atoms with Crippen molar-refractivity contribution >= 4 is 63.0 Å². The van der Waals surface area contributed by atoms with Gasteiger partial charge in [-0.2, -0.15) is 0 Å². The van der Waals surface area contributed by atoms with Crippen LogP contribution in [0.1, 0.15) is 16.8 Å². The topological polar surface area (TPSA) is 124 Å². The van der Waals surface area contributed by atoms with Gasteiger partial charge in [-0.3, -0.25) is 9.59 Å². The van der Waals surface area contributed by atoms with Gasteiger partial charge in [0.15, 0.2) is 0 Å². The third-order valence-electron chi connectivity index (χ3n) is 2.25. The van der Waals surface area contributed by atoms with E-state index in [0.717, 1.165) is 0 Å². The Morgan fingerprint density at radius 3 is 2.30 bits per heavy atom. The molecule has 0 aromatic heterocycles. The van der Waals surface area contributed by atoms with Crippen molar-refractivity contribution in [1.29, 1.82) is 0 Å². The summed E-state index contributed by atoms with van der Waals surface area (Å²) in [7, 11) is 0. The molecule has 0 spiro atoms. The summed E-state index contributed by atoms with van der Waals surface area (Å²) in [5.41, 5.74) is -0.0991. The summed E-state index contributed by atoms with van der Waals surface area (Å²) in [6.07, 6.45) is -0.747. The molecule has 9 heteroatoms. The molecule has 0 aliphatic heterocycles. The lowest BCUT2D eigenvalue weighted by Gasteiger charge is -2.13. The van der Waals surface area contributed by atoms with Gasteiger partial charge in [0.2, 0.25) is 0 Å². The highest BCUT2D eigenvalue weighted by molar-refractivity contribution is 14.1. The predicted molar refractivity (Wildman–Crippen MR) is 84.7 cm³/mol. The summed E-state index contributed by atoms with van der Waals surface area (Å²) in [5.74, 6) is -3.92. The number of benzene rings is 1. The van der Waals surface area contributed by atoms with Crippen molar-refractivity contribution in [3.8, 4) is 5.75 Å². The summed E-state index contributed by atoms with van der Waals surface area (Å²) in [6.45, 7) is 0. The second-order valence-corrected chi connectivity index (χ2v) is 6.15. The quantitative estimate of drug-likeness (QED) is 0.448. The van der Waals surface area contributed by atoms with Crippen LogP contribution in [0.25, 0.3) is 0 Å². The molecule has 0 unspecified atom stereocenters. The van der Waals surface area contributed by atoms with Gasteiger partial charge in [-0.1, -0.05) is 0 Å². The van der Waals surface area contributed by atoms with Gasteiger partial charge >= 0.3 is 11.9 Å². The van der Waals surface area contributed by atoms with Gasteiger partial charge in [-0.25, -0.2) is 4.79 Å². The fourth-order valence-electron chi connectivity index (χ4n) is 1.35. The molecule has 0 aliphatic carbocycles. The Bertz CT molecular complexity index is 574. The molecule has 108 valence electrons. The van der Waals surface area contributed by atoms with Gasteiger partial charge in [-0.15, -0.1) is 0 Å². The molecule has 0 saturated heterocycles. The molecule has 1 aromatic carbocycles. The van der Waals surface area contributed by atoms with Crippen LogP contribution < -0.4 is 5.32 Å². The van der Waals surface area contributed by atoms with Crippen molar-refractivity contribution in [2.75, 3.05) is 0 Å². The average molecular weight is 505 g/mol. The standard InChI is InChI=1S/C11H9I2NO6/c12-4-1-5(9(17)6(13)2-4)10(18)14-7(11(19)20)3-8(15)16/h1-2,7,17H,3H2,(H,14,18)(H,15,16)(H,19,20)/t7-/m1/s1. The molecular formula is C11H9I2NO6. The highest BCUT2D eigenvalue weighted by atomic mass is 127. The molecule has 20 heavy (non-hydrogen) atoms. The number of carboxylic acids is 2. The van der Waals surface area contributed by atoms with Crippen molar-refractivity contribution in [2.24, 2.45) is 0 Å². The van der Waals surface area contributed by atoms with E-state index in [1.54, 1.807) is 6.07 Å². The first-order valence-corrected chi connectivity index (χ1v) is 7.31. The molecule has 0 radical (unpaired) electrons. The minimum absolute atomic E-state index is 0.0991. The maximum Gasteiger partial charge on any atom is 0.326 e. The number of hydrogen-bond donors (Lipinski definition) is 4. The monoisotopic (exact) mass is 505 g/mol. The van der Waals surface area contributed by atoms with E-state index < -0.39 is 30.3 Å². The number of carbonyl (C=O) groups excluding carboxylic acids is 1. The number of carbonyl (C=O) groups is 3. The number of phenols is 1. The highest BCUT2D eigenvalue weighted by Crippen LogP contribution is 2.27. The minimum Gasteiger partial charge on any atom is -0.506 e. The highest BCUT2D eigenvalue weighted by Gasteiger charge is 2.25. The number of amides is 1. The molecule has 0 aliphatic rings. The maximum atomic E-state index is 11.9. The molecule has 1 amide bonds. The molecule has 0 saturated carbocycles. The summed E-state index contributed by atoms with van der Waals surface area (Å²) in [4.78, 5) is 33.4. The van der Waals surface area contributed by atoms with Crippen molar-refractivity contribution in [3.63, 3.8) is 0 Å². The number of phenolic OH excluding ortho intramolecular Hbond substituents is 1. The molecule has 0 bridgehead atoms. The van der Waals surface area contributed by atoms with E-state index in [9.17, 15) is 19.5 Å². The Balaban J connectivity index is 3.00. The molecule has 1 rings (SSSR count). The van der Waals surface area contributed by atoms with Crippen LogP contribution in [0, 0.1) is 7.14 Å². The van der Waals surface area contributed by atoms with Gasteiger partial charge < -0.3 is 20.6 Å². The number of rotatable bonds is 5. The van der Waals surface area contributed by atoms with E-state index in [2.05, 4.69) is 5.32 Å². The van der Waals surface area contributed by atoms with E-state index >= 15 is 0 Å². The zero-order valence-corrected chi connectivity index (χ0v) is 14.1. The second-order valence-electron chi connectivity index (χ2n) is 3.75. The zero-order chi connectivity index (χ0) is 15.4. The van der Waals surface area contributed by atoms with Crippen LogP contribution in [0.2, 0.25) is 0 Å². The van der Waals surface area contributed by atoms with E-state index in [1.807, 2.05) is 45.2 Å². The number of hydrogen-bond acceptors (Lipinski definition) is 4. The number of halogens is 2. The van der Waals surface area contributed by atoms with Gasteiger partial charge in [0.25, 0.3) is 5.91 Å². The fraction of sp³-hybridized carbons (Fsp3) is 0.182. The number of aromatic hydroxyl groups is 1. The van der Waals surface area contributed by atoms with Gasteiger partial charge in [0.05, 0.1) is 15.6 Å². The third-order valence-corrected chi connectivity index (χ3v) is 3.70. The molecule has 1 aromatic rings. The SMILES string of the molecule is O=C(O)C[C@@H](NC(=O)c1cc(I)cc(I)c1O)C(=O)O. The summed E-state index contributed by atoms with van der Waals surface area (Å²) in [5, 5.41) is 29.3. The normalized spacial score (nSPS) is 11.7. The Hall–Kier alpha value is -1.11. The first-order valence-electron chi connectivity index (χ1n) is 5.16. The van der Waals surface area contributed by atoms with E-state index in [4.69, 9.17) is 10.2 Å². The van der Waals surface area contributed by atoms with Crippen LogP contribution >= 0.6 is 45.2 Å². The van der Waals surface area contributed by atoms with Crippen molar-refractivity contribution in [2.45, 2.75) is 12.5 Å². The van der Waals surface area contributed by atoms with Crippen molar-refractivity contribution < 1.29 is 29.7 Å². The van der Waals surface area contributed by atoms with Crippen LogP contribution in [0.4, 0.5) is 0 Å². The van der Waals surface area contributed by atoms with Crippen LogP contribution in [-0.2, 0) is 9.59 Å². The largest absolute Gasteiger partial charge is 0.506 e. The lowest BCUT2D eigenvalue weighted by Crippen LogP contribution is -2.42. The third kappa shape index (κ3) is 4.47. The first kappa shape index (κ1) is 16.9. The lowest BCUT2D eigenvalue weighted by molar-refractivity contribution is -0.145. The average Bonchev–Trinajstić information content (AvgIpc) is 2.32. The second kappa shape index (κ2) is 7.06. The summed E-state index contributed by atoms with van der Waals surface area (Å²) >= 11 is 3.77. The minimum atomic E-state index is -1.56. The molecular weight excluding hydrogens is 496 g/mol. The Morgan fingerprint density at radius 2 is 1.80 bits per heavy atom.